The summed E-state index contributed by atoms with van der Waals surface area (Å²) in [6.07, 6.45) is 0. The molecule has 2 rings (SSSR count). The van der Waals surface area contributed by atoms with E-state index < -0.39 is 15.9 Å². The Morgan fingerprint density at radius 3 is 2.32 bits per heavy atom. The van der Waals surface area contributed by atoms with Crippen LogP contribution in [0, 0.1) is 6.92 Å². The van der Waals surface area contributed by atoms with Gasteiger partial charge < -0.3 is 9.47 Å². The maximum absolute atomic E-state index is 12.3. The summed E-state index contributed by atoms with van der Waals surface area (Å²) in [6, 6.07) is 7.22. The number of benzene rings is 1. The number of aryl methyl sites for hydroxylation is 1. The van der Waals surface area contributed by atoms with Gasteiger partial charge in [0.05, 0.1) is 18.9 Å². The quantitative estimate of drug-likeness (QED) is 0.795. The largest absolute Gasteiger partial charge is 0.490 e. The lowest BCUT2D eigenvalue weighted by Crippen LogP contribution is -2.31. The van der Waals surface area contributed by atoms with E-state index in [9.17, 15) is 13.2 Å². The number of sulfonamides is 1. The van der Waals surface area contributed by atoms with Crippen LogP contribution >= 0.6 is 0 Å². The predicted octanol–water partition coefficient (Wildman–Crippen LogP) is 1.70. The highest BCUT2D eigenvalue weighted by atomic mass is 32.2. The van der Waals surface area contributed by atoms with Crippen LogP contribution < -0.4 is 14.2 Å². The minimum absolute atomic E-state index is 0.121. The zero-order valence-corrected chi connectivity index (χ0v) is 15.0. The second-order valence-corrected chi connectivity index (χ2v) is 6.60. The molecule has 1 amide bonds. The van der Waals surface area contributed by atoms with Gasteiger partial charge in [-0.15, -0.1) is 5.10 Å². The molecule has 0 spiro atoms. The SMILES string of the molecule is CCOc1ccc(C(=O)NS(=O)(=O)c2ccc(C)nn2)cc1OCC. The third-order valence-corrected chi connectivity index (χ3v) is 4.30. The fourth-order valence-corrected chi connectivity index (χ4v) is 2.82. The molecule has 0 aliphatic rings. The zero-order chi connectivity index (χ0) is 18.4. The van der Waals surface area contributed by atoms with Gasteiger partial charge in [0, 0.05) is 5.56 Å². The number of ether oxygens (including phenoxy) is 2. The number of rotatable bonds is 7. The minimum Gasteiger partial charge on any atom is -0.490 e. The van der Waals surface area contributed by atoms with Gasteiger partial charge in [0.15, 0.2) is 16.5 Å². The number of aromatic nitrogens is 2. The number of carbonyl (C=O) groups is 1. The minimum atomic E-state index is -4.12. The molecule has 1 aromatic heterocycles. The highest BCUT2D eigenvalue weighted by Gasteiger charge is 2.21. The van der Waals surface area contributed by atoms with Crippen molar-refractivity contribution < 1.29 is 22.7 Å². The molecule has 0 saturated heterocycles. The van der Waals surface area contributed by atoms with Crippen LogP contribution in [-0.4, -0.2) is 37.7 Å². The van der Waals surface area contributed by atoms with Gasteiger partial charge in [0.25, 0.3) is 15.9 Å². The van der Waals surface area contributed by atoms with E-state index in [-0.39, 0.29) is 10.6 Å². The molecule has 8 nitrogen and oxygen atoms in total. The summed E-state index contributed by atoms with van der Waals surface area (Å²) in [4.78, 5) is 12.3. The van der Waals surface area contributed by atoms with E-state index >= 15 is 0 Å². The Labute approximate surface area is 146 Å². The van der Waals surface area contributed by atoms with Crippen LogP contribution in [0.2, 0.25) is 0 Å². The highest BCUT2D eigenvalue weighted by molar-refractivity contribution is 7.90. The molecule has 0 radical (unpaired) electrons. The Morgan fingerprint density at radius 2 is 1.72 bits per heavy atom. The average molecular weight is 365 g/mol. The fourth-order valence-electron chi connectivity index (χ4n) is 1.96. The Morgan fingerprint density at radius 1 is 1.04 bits per heavy atom. The summed E-state index contributed by atoms with van der Waals surface area (Å²) in [7, 11) is -4.12. The van der Waals surface area contributed by atoms with Crippen LogP contribution in [0.3, 0.4) is 0 Å². The number of amides is 1. The van der Waals surface area contributed by atoms with Gasteiger partial charge in [-0.25, -0.2) is 4.72 Å². The molecule has 0 atom stereocenters. The first-order valence-electron chi connectivity index (χ1n) is 7.64. The molecule has 1 heterocycles. The maximum atomic E-state index is 12.3. The van der Waals surface area contributed by atoms with E-state index in [1.807, 2.05) is 11.6 Å². The van der Waals surface area contributed by atoms with Crippen LogP contribution in [0.5, 0.6) is 11.5 Å². The topological polar surface area (TPSA) is 107 Å². The lowest BCUT2D eigenvalue weighted by atomic mass is 10.2. The van der Waals surface area contributed by atoms with Crippen molar-refractivity contribution in [2.24, 2.45) is 0 Å². The molecule has 2 aromatic rings. The van der Waals surface area contributed by atoms with E-state index in [4.69, 9.17) is 9.47 Å². The molecule has 25 heavy (non-hydrogen) atoms. The van der Waals surface area contributed by atoms with Crippen molar-refractivity contribution in [3.63, 3.8) is 0 Å². The van der Waals surface area contributed by atoms with Crippen molar-refractivity contribution in [3.05, 3.63) is 41.6 Å². The van der Waals surface area contributed by atoms with Crippen molar-refractivity contribution in [3.8, 4) is 11.5 Å². The van der Waals surface area contributed by atoms with Gasteiger partial charge in [-0.2, -0.15) is 13.5 Å². The zero-order valence-electron chi connectivity index (χ0n) is 14.1. The summed E-state index contributed by atoms with van der Waals surface area (Å²) >= 11 is 0. The molecular weight excluding hydrogens is 346 g/mol. The summed E-state index contributed by atoms with van der Waals surface area (Å²) in [6.45, 7) is 6.11. The molecule has 0 fully saturated rings. The normalized spacial score (nSPS) is 11.0. The smallest absolute Gasteiger partial charge is 0.283 e. The second kappa shape index (κ2) is 7.93. The summed E-state index contributed by atoms with van der Waals surface area (Å²) in [5.41, 5.74) is 0.689. The first-order chi connectivity index (χ1) is 11.9. The second-order valence-electron chi connectivity index (χ2n) is 4.98. The first-order valence-corrected chi connectivity index (χ1v) is 9.12. The molecule has 1 aromatic carbocycles. The van der Waals surface area contributed by atoms with Crippen LogP contribution in [0.4, 0.5) is 0 Å². The Hall–Kier alpha value is -2.68. The summed E-state index contributed by atoms with van der Waals surface area (Å²) in [5.74, 6) is 0.0454. The predicted molar refractivity (Wildman–Crippen MR) is 90.2 cm³/mol. The molecule has 0 unspecified atom stereocenters. The van der Waals surface area contributed by atoms with Gasteiger partial charge in [-0.05, 0) is 51.1 Å². The van der Waals surface area contributed by atoms with E-state index in [1.165, 1.54) is 24.3 Å². The Bertz CT molecular complexity index is 851. The number of carbonyl (C=O) groups excluding carboxylic acids is 1. The summed E-state index contributed by atoms with van der Waals surface area (Å²) < 4.78 is 37.2. The van der Waals surface area contributed by atoms with Crippen LogP contribution in [0.25, 0.3) is 0 Å². The third kappa shape index (κ3) is 4.66. The van der Waals surface area contributed by atoms with Crippen molar-refractivity contribution in [1.29, 1.82) is 0 Å². The lowest BCUT2D eigenvalue weighted by molar-refractivity contribution is 0.0980. The standard InChI is InChI=1S/C16H19N3O5S/c1-4-23-13-8-7-12(10-14(13)24-5-2)16(20)19-25(21,22)15-9-6-11(3)17-18-15/h6-10H,4-5H2,1-3H3,(H,19,20). The molecule has 1 N–H and O–H groups in total. The number of nitrogens with one attached hydrogen (secondary N) is 1. The van der Waals surface area contributed by atoms with Crippen LogP contribution in [-0.2, 0) is 10.0 Å². The molecule has 0 saturated carbocycles. The fraction of sp³-hybridized carbons (Fsp3) is 0.312. The molecule has 0 aliphatic carbocycles. The number of hydrogen-bond acceptors (Lipinski definition) is 7. The molecule has 0 bridgehead atoms. The monoisotopic (exact) mass is 365 g/mol. The number of hydrogen-bond donors (Lipinski definition) is 1. The van der Waals surface area contributed by atoms with Crippen molar-refractivity contribution >= 4 is 15.9 Å². The third-order valence-electron chi connectivity index (χ3n) is 3.08. The van der Waals surface area contributed by atoms with E-state index in [0.717, 1.165) is 0 Å². The van der Waals surface area contributed by atoms with Crippen molar-refractivity contribution in [2.75, 3.05) is 13.2 Å². The average Bonchev–Trinajstić information content (AvgIpc) is 2.57. The van der Waals surface area contributed by atoms with Crippen LogP contribution in [0.1, 0.15) is 29.9 Å². The Balaban J connectivity index is 2.25. The van der Waals surface area contributed by atoms with Gasteiger partial charge in [0.2, 0.25) is 0 Å². The van der Waals surface area contributed by atoms with Gasteiger partial charge >= 0.3 is 0 Å². The van der Waals surface area contributed by atoms with E-state index in [2.05, 4.69) is 10.2 Å². The van der Waals surface area contributed by atoms with Gasteiger partial charge in [-0.3, -0.25) is 4.79 Å². The molecule has 0 aliphatic heterocycles. The van der Waals surface area contributed by atoms with E-state index in [0.29, 0.717) is 30.4 Å². The molecule has 9 heteroatoms. The van der Waals surface area contributed by atoms with Gasteiger partial charge in [-0.1, -0.05) is 0 Å². The Kier molecular flexibility index (Phi) is 5.92. The van der Waals surface area contributed by atoms with E-state index in [1.54, 1.807) is 19.9 Å². The maximum Gasteiger partial charge on any atom is 0.283 e. The molecular formula is C16H19N3O5S. The molecule has 134 valence electrons. The highest BCUT2D eigenvalue weighted by Crippen LogP contribution is 2.28. The van der Waals surface area contributed by atoms with Crippen LogP contribution in [0.15, 0.2) is 35.4 Å². The lowest BCUT2D eigenvalue weighted by Gasteiger charge is -2.12. The van der Waals surface area contributed by atoms with Crippen molar-refractivity contribution in [2.45, 2.75) is 25.8 Å². The number of nitrogens with zero attached hydrogens (tertiary/aromatic N) is 2. The van der Waals surface area contributed by atoms with Crippen molar-refractivity contribution in [1.82, 2.24) is 14.9 Å². The first kappa shape index (κ1) is 18.7. The van der Waals surface area contributed by atoms with Gasteiger partial charge in [0.1, 0.15) is 0 Å². The summed E-state index contributed by atoms with van der Waals surface area (Å²) in [5, 5.41) is 6.93.